The van der Waals surface area contributed by atoms with Crippen LogP contribution in [0.15, 0.2) is 30.3 Å². The second-order valence-electron chi connectivity index (χ2n) is 6.82. The minimum atomic E-state index is -0.454. The number of amides is 1. The molecule has 2 aromatic rings. The Morgan fingerprint density at radius 3 is 2.48 bits per heavy atom. The van der Waals surface area contributed by atoms with Gasteiger partial charge in [-0.2, -0.15) is 0 Å². The maximum atomic E-state index is 12.7. The highest BCUT2D eigenvalue weighted by molar-refractivity contribution is 7.16. The Hall–Kier alpha value is -2.94. The highest BCUT2D eigenvalue weighted by Crippen LogP contribution is 2.31. The number of nitrogens with zero attached hydrogens (tertiary/aromatic N) is 2. The van der Waals surface area contributed by atoms with Gasteiger partial charge < -0.3 is 15.0 Å². The number of aryl methyl sites for hydroxylation is 1. The number of nitro benzene ring substituents is 1. The van der Waals surface area contributed by atoms with Crippen LogP contribution in [0.2, 0.25) is 0 Å². The fourth-order valence-electron chi connectivity index (χ4n) is 3.37. The van der Waals surface area contributed by atoms with Gasteiger partial charge in [-0.3, -0.25) is 14.9 Å². The lowest BCUT2D eigenvalue weighted by molar-refractivity contribution is -0.384. The highest BCUT2D eigenvalue weighted by Gasteiger charge is 2.27. The predicted molar refractivity (Wildman–Crippen MR) is 112 cm³/mol. The molecule has 1 aliphatic rings. The van der Waals surface area contributed by atoms with Crippen molar-refractivity contribution in [2.75, 3.05) is 30.4 Å². The summed E-state index contributed by atoms with van der Waals surface area (Å²) in [6.07, 6.45) is 2.11. The Balaban J connectivity index is 1.61. The number of thiophene rings is 1. The van der Waals surface area contributed by atoms with E-state index in [0.717, 1.165) is 17.0 Å². The second-order valence-corrected chi connectivity index (χ2v) is 7.96. The quantitative estimate of drug-likeness (QED) is 0.435. The van der Waals surface area contributed by atoms with Crippen LogP contribution in [0.3, 0.4) is 0 Å². The van der Waals surface area contributed by atoms with Crippen molar-refractivity contribution in [2.24, 2.45) is 5.92 Å². The van der Waals surface area contributed by atoms with Crippen LogP contribution in [0.4, 0.5) is 16.4 Å². The molecule has 1 amide bonds. The number of nitro groups is 1. The molecule has 0 bridgehead atoms. The first-order chi connectivity index (χ1) is 13.9. The SMILES string of the molecule is CCc1cc(C(=O)OC)c(NC(=O)C2CCN(c3ccc([N+](=O)[O-])cc3)CC2)s1. The Morgan fingerprint density at radius 1 is 1.28 bits per heavy atom. The number of esters is 1. The van der Waals surface area contributed by atoms with Crippen LogP contribution >= 0.6 is 11.3 Å². The van der Waals surface area contributed by atoms with Crippen molar-refractivity contribution in [3.8, 4) is 0 Å². The summed E-state index contributed by atoms with van der Waals surface area (Å²) in [4.78, 5) is 38.2. The first kappa shape index (κ1) is 20.8. The average molecular weight is 417 g/mol. The zero-order valence-corrected chi connectivity index (χ0v) is 17.2. The number of ether oxygens (including phenoxy) is 1. The molecular weight excluding hydrogens is 394 g/mol. The van der Waals surface area contributed by atoms with Crippen molar-refractivity contribution in [1.82, 2.24) is 0 Å². The zero-order chi connectivity index (χ0) is 21.0. The molecule has 0 radical (unpaired) electrons. The van der Waals surface area contributed by atoms with Crippen LogP contribution in [0.1, 0.15) is 35.0 Å². The molecule has 29 heavy (non-hydrogen) atoms. The standard InChI is InChI=1S/C20H23N3O5S/c1-3-16-12-17(20(25)28-2)19(29-16)21-18(24)13-8-10-22(11-9-13)14-4-6-15(7-5-14)23(26)27/h4-7,12-13H,3,8-11H2,1-2H3,(H,21,24). The smallest absolute Gasteiger partial charge is 0.340 e. The summed E-state index contributed by atoms with van der Waals surface area (Å²) < 4.78 is 4.82. The third-order valence-electron chi connectivity index (χ3n) is 5.07. The number of hydrogen-bond donors (Lipinski definition) is 1. The Bertz CT molecular complexity index is 901. The molecule has 3 rings (SSSR count). The molecule has 1 saturated heterocycles. The normalized spacial score (nSPS) is 14.5. The van der Waals surface area contributed by atoms with Gasteiger partial charge in [-0.05, 0) is 37.5 Å². The average Bonchev–Trinajstić information content (AvgIpc) is 3.16. The third kappa shape index (κ3) is 4.73. The van der Waals surface area contributed by atoms with Crippen molar-refractivity contribution in [3.63, 3.8) is 0 Å². The summed E-state index contributed by atoms with van der Waals surface area (Å²) in [5.41, 5.74) is 1.37. The van der Waals surface area contributed by atoms with Gasteiger partial charge in [0, 0.05) is 41.7 Å². The van der Waals surface area contributed by atoms with Gasteiger partial charge in [0.05, 0.1) is 17.6 Å². The molecule has 9 heteroatoms. The molecule has 1 fully saturated rings. The van der Waals surface area contributed by atoms with E-state index in [1.54, 1.807) is 18.2 Å². The molecule has 0 unspecified atom stereocenters. The molecule has 1 aliphatic heterocycles. The zero-order valence-electron chi connectivity index (χ0n) is 16.3. The number of nitrogens with one attached hydrogen (secondary N) is 1. The van der Waals surface area contributed by atoms with E-state index in [1.807, 2.05) is 6.92 Å². The van der Waals surface area contributed by atoms with Crippen LogP contribution in [0, 0.1) is 16.0 Å². The Morgan fingerprint density at radius 2 is 1.93 bits per heavy atom. The number of hydrogen-bond acceptors (Lipinski definition) is 7. The molecule has 154 valence electrons. The van der Waals surface area contributed by atoms with Gasteiger partial charge in [0.1, 0.15) is 5.00 Å². The van der Waals surface area contributed by atoms with E-state index < -0.39 is 10.9 Å². The lowest BCUT2D eigenvalue weighted by Gasteiger charge is -2.32. The van der Waals surface area contributed by atoms with Gasteiger partial charge >= 0.3 is 5.97 Å². The first-order valence-electron chi connectivity index (χ1n) is 9.44. The van der Waals surface area contributed by atoms with E-state index in [9.17, 15) is 19.7 Å². The molecule has 0 spiro atoms. The van der Waals surface area contributed by atoms with E-state index in [4.69, 9.17) is 4.74 Å². The van der Waals surface area contributed by atoms with Gasteiger partial charge in [0.2, 0.25) is 5.91 Å². The predicted octanol–water partition coefficient (Wildman–Crippen LogP) is 3.86. The van der Waals surface area contributed by atoms with Crippen molar-refractivity contribution < 1.29 is 19.2 Å². The number of anilines is 2. The number of benzene rings is 1. The fraction of sp³-hybridized carbons (Fsp3) is 0.400. The third-order valence-corrected chi connectivity index (χ3v) is 6.26. The largest absolute Gasteiger partial charge is 0.465 e. The van der Waals surface area contributed by atoms with Crippen molar-refractivity contribution >= 4 is 39.6 Å². The molecule has 8 nitrogen and oxygen atoms in total. The maximum absolute atomic E-state index is 12.7. The van der Waals surface area contributed by atoms with Crippen molar-refractivity contribution in [1.29, 1.82) is 0 Å². The van der Waals surface area contributed by atoms with E-state index >= 15 is 0 Å². The number of piperidine rings is 1. The Kier molecular flexibility index (Phi) is 6.48. The minimum absolute atomic E-state index is 0.0619. The van der Waals surface area contributed by atoms with Gasteiger partial charge in [-0.25, -0.2) is 4.79 Å². The van der Waals surface area contributed by atoms with E-state index in [0.29, 0.717) is 36.5 Å². The summed E-state index contributed by atoms with van der Waals surface area (Å²) in [5, 5.41) is 14.2. The topological polar surface area (TPSA) is 102 Å². The monoisotopic (exact) mass is 417 g/mol. The van der Waals surface area contributed by atoms with Gasteiger partial charge in [0.15, 0.2) is 0 Å². The molecule has 2 heterocycles. The minimum Gasteiger partial charge on any atom is -0.465 e. The Labute approximate surface area is 172 Å². The summed E-state index contributed by atoms with van der Waals surface area (Å²) in [6, 6.07) is 8.22. The second kappa shape index (κ2) is 9.04. The van der Waals surface area contributed by atoms with E-state index in [2.05, 4.69) is 10.2 Å². The van der Waals surface area contributed by atoms with Crippen molar-refractivity contribution in [3.05, 3.63) is 50.9 Å². The number of methoxy groups -OCH3 is 1. The summed E-state index contributed by atoms with van der Waals surface area (Å²) in [6.45, 7) is 3.36. The van der Waals surface area contributed by atoms with Crippen LogP contribution < -0.4 is 10.2 Å². The van der Waals surface area contributed by atoms with Gasteiger partial charge in [0.25, 0.3) is 5.69 Å². The summed E-state index contributed by atoms with van der Waals surface area (Å²) in [7, 11) is 1.32. The summed E-state index contributed by atoms with van der Waals surface area (Å²) >= 11 is 1.40. The molecule has 1 N–H and O–H groups in total. The first-order valence-corrected chi connectivity index (χ1v) is 10.3. The number of non-ortho nitro benzene ring substituents is 1. The van der Waals surface area contributed by atoms with Crippen LogP contribution in [-0.4, -0.2) is 37.0 Å². The van der Waals surface area contributed by atoms with Gasteiger partial charge in [-0.1, -0.05) is 6.92 Å². The molecule has 1 aromatic heterocycles. The maximum Gasteiger partial charge on any atom is 0.340 e. The van der Waals surface area contributed by atoms with Crippen LogP contribution in [0.5, 0.6) is 0 Å². The highest BCUT2D eigenvalue weighted by atomic mass is 32.1. The van der Waals surface area contributed by atoms with Crippen LogP contribution in [0.25, 0.3) is 0 Å². The molecule has 1 aromatic carbocycles. The van der Waals surface area contributed by atoms with Crippen LogP contribution in [-0.2, 0) is 16.0 Å². The number of rotatable bonds is 6. The number of carbonyl (C=O) groups is 2. The molecule has 0 atom stereocenters. The van der Waals surface area contributed by atoms with E-state index in [1.165, 1.54) is 30.6 Å². The fourth-order valence-corrected chi connectivity index (χ4v) is 4.36. The summed E-state index contributed by atoms with van der Waals surface area (Å²) in [5.74, 6) is -0.700. The number of carbonyl (C=O) groups excluding carboxylic acids is 2. The molecule has 0 saturated carbocycles. The lowest BCUT2D eigenvalue weighted by atomic mass is 9.95. The van der Waals surface area contributed by atoms with Gasteiger partial charge in [-0.15, -0.1) is 11.3 Å². The lowest BCUT2D eigenvalue weighted by Crippen LogP contribution is -2.38. The van der Waals surface area contributed by atoms with E-state index in [-0.39, 0.29) is 17.5 Å². The molecular formula is C20H23N3O5S. The molecule has 0 aliphatic carbocycles. The van der Waals surface area contributed by atoms with Crippen molar-refractivity contribution in [2.45, 2.75) is 26.2 Å².